The SMILES string of the molecule is Cc1cc(CS(=O)(=O)N2CCNCC2C)no1. The fourth-order valence-corrected chi connectivity index (χ4v) is 3.66. The Labute approximate surface area is 101 Å². The summed E-state index contributed by atoms with van der Waals surface area (Å²) in [6.45, 7) is 5.55. The van der Waals surface area contributed by atoms with E-state index in [-0.39, 0.29) is 11.8 Å². The van der Waals surface area contributed by atoms with Gasteiger partial charge in [0.05, 0.1) is 0 Å². The molecule has 0 radical (unpaired) electrons. The van der Waals surface area contributed by atoms with Crippen molar-refractivity contribution in [2.45, 2.75) is 25.6 Å². The van der Waals surface area contributed by atoms with Gasteiger partial charge >= 0.3 is 0 Å². The molecule has 0 aromatic carbocycles. The molecule has 1 N–H and O–H groups in total. The molecule has 0 spiro atoms. The Morgan fingerprint density at radius 1 is 1.65 bits per heavy atom. The van der Waals surface area contributed by atoms with E-state index in [1.807, 2.05) is 6.92 Å². The van der Waals surface area contributed by atoms with Gasteiger partial charge in [0.1, 0.15) is 17.2 Å². The van der Waals surface area contributed by atoms with E-state index in [0.717, 1.165) is 0 Å². The molecular weight excluding hydrogens is 242 g/mol. The third-order valence-electron chi connectivity index (χ3n) is 2.80. The van der Waals surface area contributed by atoms with Crippen LogP contribution < -0.4 is 5.32 Å². The zero-order chi connectivity index (χ0) is 12.5. The Hall–Kier alpha value is -0.920. The van der Waals surface area contributed by atoms with Crippen molar-refractivity contribution in [3.63, 3.8) is 0 Å². The highest BCUT2D eigenvalue weighted by atomic mass is 32.2. The fourth-order valence-electron chi connectivity index (χ4n) is 1.99. The quantitative estimate of drug-likeness (QED) is 0.833. The lowest BCUT2D eigenvalue weighted by Gasteiger charge is -2.32. The van der Waals surface area contributed by atoms with E-state index in [2.05, 4.69) is 10.5 Å². The normalized spacial score (nSPS) is 22.8. The van der Waals surface area contributed by atoms with Crippen LogP contribution in [0.25, 0.3) is 0 Å². The maximum atomic E-state index is 12.2. The summed E-state index contributed by atoms with van der Waals surface area (Å²) in [4.78, 5) is 0. The maximum Gasteiger partial charge on any atom is 0.220 e. The standard InChI is InChI=1S/C10H17N3O3S/c1-8-6-11-3-4-13(8)17(14,15)7-10-5-9(2)16-12-10/h5,8,11H,3-4,6-7H2,1-2H3. The molecule has 0 bridgehead atoms. The van der Waals surface area contributed by atoms with Crippen LogP contribution in [0.1, 0.15) is 18.4 Å². The number of aromatic nitrogens is 1. The molecule has 1 saturated heterocycles. The minimum absolute atomic E-state index is 0.0123. The molecule has 2 rings (SSSR count). The van der Waals surface area contributed by atoms with Gasteiger partial charge < -0.3 is 9.84 Å². The van der Waals surface area contributed by atoms with Crippen molar-refractivity contribution in [2.24, 2.45) is 0 Å². The Bertz CT molecular complexity index is 483. The summed E-state index contributed by atoms with van der Waals surface area (Å²) in [5, 5.41) is 6.89. The summed E-state index contributed by atoms with van der Waals surface area (Å²) in [7, 11) is -3.30. The maximum absolute atomic E-state index is 12.2. The topological polar surface area (TPSA) is 75.4 Å². The minimum Gasteiger partial charge on any atom is -0.361 e. The van der Waals surface area contributed by atoms with Gasteiger partial charge in [0.2, 0.25) is 10.0 Å². The number of sulfonamides is 1. The molecule has 1 atom stereocenters. The lowest BCUT2D eigenvalue weighted by atomic mass is 10.3. The third kappa shape index (κ3) is 2.85. The molecule has 1 aromatic heterocycles. The summed E-state index contributed by atoms with van der Waals surface area (Å²) in [6, 6.07) is 1.64. The predicted molar refractivity (Wildman–Crippen MR) is 62.9 cm³/mol. The number of aryl methyl sites for hydroxylation is 1. The van der Waals surface area contributed by atoms with Gasteiger partial charge in [-0.05, 0) is 13.8 Å². The van der Waals surface area contributed by atoms with E-state index in [1.54, 1.807) is 13.0 Å². The Kier molecular flexibility index (Phi) is 3.50. The number of rotatable bonds is 3. The van der Waals surface area contributed by atoms with Crippen LogP contribution in [-0.2, 0) is 15.8 Å². The number of hydrogen-bond acceptors (Lipinski definition) is 5. The molecule has 2 heterocycles. The van der Waals surface area contributed by atoms with E-state index in [9.17, 15) is 8.42 Å². The summed E-state index contributed by atoms with van der Waals surface area (Å²) >= 11 is 0. The number of piperazine rings is 1. The zero-order valence-electron chi connectivity index (χ0n) is 10.0. The smallest absolute Gasteiger partial charge is 0.220 e. The van der Waals surface area contributed by atoms with Crippen LogP contribution in [0.5, 0.6) is 0 Å². The summed E-state index contributed by atoms with van der Waals surface area (Å²) in [5.41, 5.74) is 0.466. The first-order chi connectivity index (χ1) is 7.99. The van der Waals surface area contributed by atoms with Gasteiger partial charge in [0, 0.05) is 31.7 Å². The van der Waals surface area contributed by atoms with Crippen molar-refractivity contribution >= 4 is 10.0 Å². The second kappa shape index (κ2) is 4.75. The zero-order valence-corrected chi connectivity index (χ0v) is 10.8. The first-order valence-electron chi connectivity index (χ1n) is 5.61. The largest absolute Gasteiger partial charge is 0.361 e. The van der Waals surface area contributed by atoms with Gasteiger partial charge in [-0.25, -0.2) is 8.42 Å². The van der Waals surface area contributed by atoms with Gasteiger partial charge in [0.25, 0.3) is 0 Å². The van der Waals surface area contributed by atoms with Crippen LogP contribution in [0.3, 0.4) is 0 Å². The van der Waals surface area contributed by atoms with E-state index in [4.69, 9.17) is 4.52 Å². The molecule has 1 fully saturated rings. The molecule has 0 saturated carbocycles. The van der Waals surface area contributed by atoms with Crippen molar-refractivity contribution < 1.29 is 12.9 Å². The molecule has 6 nitrogen and oxygen atoms in total. The Morgan fingerprint density at radius 2 is 2.41 bits per heavy atom. The molecule has 1 aliphatic heterocycles. The summed E-state index contributed by atoms with van der Waals surface area (Å²) in [5.74, 6) is 0.540. The van der Waals surface area contributed by atoms with Crippen LogP contribution in [-0.4, -0.2) is 43.6 Å². The van der Waals surface area contributed by atoms with Gasteiger partial charge in [-0.1, -0.05) is 5.16 Å². The Balaban J connectivity index is 2.12. The van der Waals surface area contributed by atoms with Crippen molar-refractivity contribution in [3.8, 4) is 0 Å². The highest BCUT2D eigenvalue weighted by Crippen LogP contribution is 2.15. The number of nitrogens with one attached hydrogen (secondary N) is 1. The lowest BCUT2D eigenvalue weighted by Crippen LogP contribution is -2.52. The predicted octanol–water partition coefficient (Wildman–Crippen LogP) is 0.107. The first kappa shape index (κ1) is 12.5. The molecule has 1 aromatic rings. The third-order valence-corrected chi connectivity index (χ3v) is 4.72. The van der Waals surface area contributed by atoms with E-state index < -0.39 is 10.0 Å². The van der Waals surface area contributed by atoms with E-state index in [1.165, 1.54) is 4.31 Å². The molecular formula is C10H17N3O3S. The monoisotopic (exact) mass is 259 g/mol. The second-order valence-corrected chi connectivity index (χ2v) is 6.27. The van der Waals surface area contributed by atoms with Gasteiger partial charge in [-0.15, -0.1) is 0 Å². The lowest BCUT2D eigenvalue weighted by molar-refractivity contribution is 0.283. The molecule has 17 heavy (non-hydrogen) atoms. The van der Waals surface area contributed by atoms with Crippen molar-refractivity contribution in [1.29, 1.82) is 0 Å². The molecule has 1 unspecified atom stereocenters. The average molecular weight is 259 g/mol. The van der Waals surface area contributed by atoms with Crippen LogP contribution in [0.2, 0.25) is 0 Å². The average Bonchev–Trinajstić information content (AvgIpc) is 2.63. The summed E-state index contributed by atoms with van der Waals surface area (Å²) < 4.78 is 30.8. The molecule has 96 valence electrons. The van der Waals surface area contributed by atoms with Gasteiger partial charge in [-0.2, -0.15) is 4.31 Å². The van der Waals surface area contributed by atoms with Crippen LogP contribution >= 0.6 is 0 Å². The highest BCUT2D eigenvalue weighted by molar-refractivity contribution is 7.88. The second-order valence-electron chi connectivity index (χ2n) is 4.35. The van der Waals surface area contributed by atoms with Gasteiger partial charge in [0.15, 0.2) is 0 Å². The van der Waals surface area contributed by atoms with Crippen LogP contribution in [0.15, 0.2) is 10.6 Å². The minimum atomic E-state index is -3.30. The van der Waals surface area contributed by atoms with E-state index in [0.29, 0.717) is 31.1 Å². The highest BCUT2D eigenvalue weighted by Gasteiger charge is 2.30. The van der Waals surface area contributed by atoms with E-state index >= 15 is 0 Å². The molecule has 0 aliphatic carbocycles. The molecule has 0 amide bonds. The van der Waals surface area contributed by atoms with Gasteiger partial charge in [-0.3, -0.25) is 0 Å². The molecule has 1 aliphatic rings. The van der Waals surface area contributed by atoms with Crippen LogP contribution in [0.4, 0.5) is 0 Å². The van der Waals surface area contributed by atoms with Crippen molar-refractivity contribution in [3.05, 3.63) is 17.5 Å². The first-order valence-corrected chi connectivity index (χ1v) is 7.22. The summed E-state index contributed by atoms with van der Waals surface area (Å²) in [6.07, 6.45) is 0. The van der Waals surface area contributed by atoms with Crippen molar-refractivity contribution in [2.75, 3.05) is 19.6 Å². The number of hydrogen-bond donors (Lipinski definition) is 1. The van der Waals surface area contributed by atoms with Crippen LogP contribution in [0, 0.1) is 6.92 Å². The van der Waals surface area contributed by atoms with Crippen molar-refractivity contribution in [1.82, 2.24) is 14.8 Å². The number of nitrogens with zero attached hydrogens (tertiary/aromatic N) is 2. The fraction of sp³-hybridized carbons (Fsp3) is 0.700. The Morgan fingerprint density at radius 3 is 3.00 bits per heavy atom. The molecule has 7 heteroatoms.